The molecule has 0 saturated carbocycles. The molecule has 0 aliphatic heterocycles. The third kappa shape index (κ3) is 2.15. The highest BCUT2D eigenvalue weighted by molar-refractivity contribution is 5.98. The molecule has 0 bridgehead atoms. The summed E-state index contributed by atoms with van der Waals surface area (Å²) in [5.74, 6) is -0.367. The molecule has 4 nitrogen and oxygen atoms in total. The summed E-state index contributed by atoms with van der Waals surface area (Å²) in [5.41, 5.74) is 0.477. The van der Waals surface area contributed by atoms with Crippen LogP contribution < -0.4 is 0 Å². The number of carbonyl (C=O) groups is 1. The van der Waals surface area contributed by atoms with Crippen molar-refractivity contribution >= 4 is 16.7 Å². The zero-order chi connectivity index (χ0) is 12.3. The maximum atomic E-state index is 11.9. The largest absolute Gasteiger partial charge is 0.276 e. The van der Waals surface area contributed by atoms with Crippen LogP contribution in [0, 0.1) is 4.91 Å². The molecule has 0 saturated heterocycles. The lowest BCUT2D eigenvalue weighted by molar-refractivity contribution is 0.0766. The van der Waals surface area contributed by atoms with Gasteiger partial charge in [-0.3, -0.25) is 4.79 Å². The van der Waals surface area contributed by atoms with E-state index in [1.54, 1.807) is 19.1 Å². The number of fused-ring (bicyclic) bond motifs is 1. The van der Waals surface area contributed by atoms with Crippen molar-refractivity contribution in [1.82, 2.24) is 5.01 Å². The summed E-state index contributed by atoms with van der Waals surface area (Å²) < 4.78 is 0. The molecule has 4 heteroatoms. The summed E-state index contributed by atoms with van der Waals surface area (Å²) >= 11 is 0. The van der Waals surface area contributed by atoms with E-state index in [1.165, 1.54) is 0 Å². The van der Waals surface area contributed by atoms with E-state index < -0.39 is 0 Å². The van der Waals surface area contributed by atoms with E-state index in [4.69, 9.17) is 0 Å². The van der Waals surface area contributed by atoms with Gasteiger partial charge in [0.2, 0.25) is 0 Å². The predicted octanol–water partition coefficient (Wildman–Crippen LogP) is 2.98. The molecule has 0 fully saturated rings. The van der Waals surface area contributed by atoms with Crippen molar-refractivity contribution in [3.05, 3.63) is 52.9 Å². The van der Waals surface area contributed by atoms with Gasteiger partial charge < -0.3 is 0 Å². The number of nitrogens with zero attached hydrogens (tertiary/aromatic N) is 2. The van der Waals surface area contributed by atoms with Gasteiger partial charge in [0.05, 0.1) is 5.29 Å². The Kier molecular flexibility index (Phi) is 3.14. The van der Waals surface area contributed by atoms with Crippen molar-refractivity contribution in [2.75, 3.05) is 6.54 Å². The van der Waals surface area contributed by atoms with Crippen LogP contribution in [-0.4, -0.2) is 17.5 Å². The van der Waals surface area contributed by atoms with Gasteiger partial charge >= 0.3 is 0 Å². The van der Waals surface area contributed by atoms with E-state index in [1.807, 2.05) is 30.3 Å². The molecule has 17 heavy (non-hydrogen) atoms. The van der Waals surface area contributed by atoms with E-state index in [-0.39, 0.29) is 12.5 Å². The Labute approximate surface area is 98.8 Å². The second kappa shape index (κ2) is 4.74. The summed E-state index contributed by atoms with van der Waals surface area (Å²) in [6, 6.07) is 13.1. The van der Waals surface area contributed by atoms with Crippen molar-refractivity contribution in [2.24, 2.45) is 5.29 Å². The average Bonchev–Trinajstić information content (AvgIpc) is 2.39. The maximum absolute atomic E-state index is 11.9. The van der Waals surface area contributed by atoms with Crippen LogP contribution in [0.3, 0.4) is 0 Å². The minimum atomic E-state index is -0.367. The lowest BCUT2D eigenvalue weighted by atomic mass is 10.1. The van der Waals surface area contributed by atoms with E-state index >= 15 is 0 Å². The predicted molar refractivity (Wildman–Crippen MR) is 66.5 cm³/mol. The first-order valence-electron chi connectivity index (χ1n) is 5.40. The third-order valence-electron chi connectivity index (χ3n) is 2.63. The van der Waals surface area contributed by atoms with Crippen molar-refractivity contribution in [3.63, 3.8) is 0 Å². The van der Waals surface area contributed by atoms with E-state index in [2.05, 4.69) is 5.29 Å². The van der Waals surface area contributed by atoms with E-state index in [0.29, 0.717) is 5.56 Å². The van der Waals surface area contributed by atoms with Crippen molar-refractivity contribution < 1.29 is 4.79 Å². The minimum absolute atomic E-state index is 0.273. The molecule has 86 valence electrons. The molecule has 2 rings (SSSR count). The summed E-state index contributed by atoms with van der Waals surface area (Å²) in [4.78, 5) is 22.4. The first-order valence-corrected chi connectivity index (χ1v) is 5.40. The molecule has 0 spiro atoms. The van der Waals surface area contributed by atoms with Crippen LogP contribution in [0.1, 0.15) is 17.3 Å². The number of hydrogen-bond donors (Lipinski definition) is 0. The molecule has 2 aromatic carbocycles. The van der Waals surface area contributed by atoms with Crippen LogP contribution in [-0.2, 0) is 0 Å². The van der Waals surface area contributed by atoms with Gasteiger partial charge in [-0.1, -0.05) is 30.3 Å². The number of nitroso groups, excluding NO2 is 1. The molecular formula is C13H12N2O2. The number of amides is 1. The second-order valence-corrected chi connectivity index (χ2v) is 3.66. The van der Waals surface area contributed by atoms with E-state index in [9.17, 15) is 9.70 Å². The van der Waals surface area contributed by atoms with Crippen LogP contribution in [0.2, 0.25) is 0 Å². The summed E-state index contributed by atoms with van der Waals surface area (Å²) in [6.45, 7) is 1.98. The number of benzene rings is 2. The maximum Gasteiger partial charge on any atom is 0.276 e. The smallest absolute Gasteiger partial charge is 0.267 e. The molecule has 0 N–H and O–H groups in total. The Bertz CT molecular complexity index is 566. The SMILES string of the molecule is CCN(N=O)C(=O)c1ccc2ccccc2c1. The standard InChI is InChI=1S/C13H12N2O2/c1-2-15(14-17)13(16)12-8-7-10-5-3-4-6-11(10)9-12/h3-9H,2H2,1H3. The molecule has 0 unspecified atom stereocenters. The zero-order valence-electron chi connectivity index (χ0n) is 9.46. The second-order valence-electron chi connectivity index (χ2n) is 3.66. The Morgan fingerprint density at radius 3 is 2.53 bits per heavy atom. The molecule has 0 aromatic heterocycles. The Hall–Kier alpha value is -2.23. The normalized spacial score (nSPS) is 10.2. The first-order chi connectivity index (χ1) is 8.26. The molecule has 0 aliphatic carbocycles. The molecule has 0 heterocycles. The first kappa shape index (κ1) is 11.3. The Morgan fingerprint density at radius 2 is 1.88 bits per heavy atom. The van der Waals surface area contributed by atoms with Crippen LogP contribution in [0.15, 0.2) is 47.8 Å². The fourth-order valence-electron chi connectivity index (χ4n) is 1.71. The molecule has 2 aromatic rings. The molecule has 0 radical (unpaired) electrons. The number of hydrogen-bond acceptors (Lipinski definition) is 3. The van der Waals surface area contributed by atoms with Gasteiger partial charge in [0.25, 0.3) is 5.91 Å². The third-order valence-corrected chi connectivity index (χ3v) is 2.63. The van der Waals surface area contributed by atoms with Crippen LogP contribution in [0.4, 0.5) is 0 Å². The Morgan fingerprint density at radius 1 is 1.18 bits per heavy atom. The van der Waals surface area contributed by atoms with E-state index in [0.717, 1.165) is 15.8 Å². The fraction of sp³-hybridized carbons (Fsp3) is 0.154. The Balaban J connectivity index is 2.42. The minimum Gasteiger partial charge on any atom is -0.267 e. The average molecular weight is 228 g/mol. The van der Waals surface area contributed by atoms with Gasteiger partial charge in [-0.15, -0.1) is 4.91 Å². The monoisotopic (exact) mass is 228 g/mol. The van der Waals surface area contributed by atoms with Crippen molar-refractivity contribution in [1.29, 1.82) is 0 Å². The lowest BCUT2D eigenvalue weighted by Gasteiger charge is -2.10. The van der Waals surface area contributed by atoms with Gasteiger partial charge in [0.15, 0.2) is 0 Å². The number of rotatable bonds is 3. The van der Waals surface area contributed by atoms with Gasteiger partial charge in [-0.25, -0.2) is 0 Å². The van der Waals surface area contributed by atoms with Gasteiger partial charge in [0, 0.05) is 12.1 Å². The zero-order valence-corrected chi connectivity index (χ0v) is 9.46. The fourth-order valence-corrected chi connectivity index (χ4v) is 1.71. The van der Waals surface area contributed by atoms with Crippen molar-refractivity contribution in [2.45, 2.75) is 6.92 Å². The summed E-state index contributed by atoms with van der Waals surface area (Å²) in [5, 5.41) is 5.64. The molecule has 0 atom stereocenters. The van der Waals surface area contributed by atoms with Gasteiger partial charge in [-0.2, -0.15) is 5.01 Å². The van der Waals surface area contributed by atoms with Crippen molar-refractivity contribution in [3.8, 4) is 0 Å². The lowest BCUT2D eigenvalue weighted by Crippen LogP contribution is -2.24. The van der Waals surface area contributed by atoms with Crippen LogP contribution in [0.25, 0.3) is 10.8 Å². The molecule has 1 amide bonds. The summed E-state index contributed by atoms with van der Waals surface area (Å²) in [7, 11) is 0. The molecular weight excluding hydrogens is 216 g/mol. The van der Waals surface area contributed by atoms with Gasteiger partial charge in [0.1, 0.15) is 0 Å². The molecule has 0 aliphatic rings. The topological polar surface area (TPSA) is 49.7 Å². The highest BCUT2D eigenvalue weighted by Gasteiger charge is 2.14. The highest BCUT2D eigenvalue weighted by Crippen LogP contribution is 2.16. The van der Waals surface area contributed by atoms with Crippen LogP contribution >= 0.6 is 0 Å². The summed E-state index contributed by atoms with van der Waals surface area (Å²) in [6.07, 6.45) is 0. The quantitative estimate of drug-likeness (QED) is 0.599. The number of carbonyl (C=O) groups excluding carboxylic acids is 1. The van der Waals surface area contributed by atoms with Crippen LogP contribution in [0.5, 0.6) is 0 Å². The highest BCUT2D eigenvalue weighted by atomic mass is 16.3. The van der Waals surface area contributed by atoms with Gasteiger partial charge in [-0.05, 0) is 29.8 Å².